The molecule has 11 heteroatoms. The van der Waals surface area contributed by atoms with E-state index >= 15 is 0 Å². The third-order valence-corrected chi connectivity index (χ3v) is 7.85. The number of halogens is 4. The molecule has 0 radical (unpaired) electrons. The maximum absolute atomic E-state index is 13.6. The lowest BCUT2D eigenvalue weighted by molar-refractivity contribution is -0.258. The molecule has 2 aliphatic rings. The van der Waals surface area contributed by atoms with Gasteiger partial charge in [-0.3, -0.25) is 0 Å². The second kappa shape index (κ2) is 10.8. The molecule has 2 aromatic carbocycles. The van der Waals surface area contributed by atoms with E-state index in [0.29, 0.717) is 44.0 Å². The van der Waals surface area contributed by atoms with Crippen LogP contribution in [0, 0.1) is 17.3 Å². The number of hydrogen-bond acceptors (Lipinski definition) is 5. The number of alkyl halides is 3. The molecule has 39 heavy (non-hydrogen) atoms. The Morgan fingerprint density at radius 2 is 1.67 bits per heavy atom. The Kier molecular flexibility index (Phi) is 7.89. The molecule has 1 amide bonds. The Balaban J connectivity index is 1.59. The van der Waals surface area contributed by atoms with E-state index in [1.165, 1.54) is 36.4 Å². The highest BCUT2D eigenvalue weighted by molar-refractivity contribution is 6.00. The summed E-state index contributed by atoms with van der Waals surface area (Å²) in [6, 6.07) is 11.4. The fraction of sp³-hybridized carbons (Fsp3) is 0.464. The summed E-state index contributed by atoms with van der Waals surface area (Å²) in [6.45, 7) is 0.740. The topological polar surface area (TPSA) is 112 Å². The van der Waals surface area contributed by atoms with E-state index in [1.807, 2.05) is 6.19 Å². The van der Waals surface area contributed by atoms with Crippen molar-refractivity contribution in [2.75, 3.05) is 6.61 Å². The van der Waals surface area contributed by atoms with Crippen molar-refractivity contribution in [2.45, 2.75) is 74.7 Å². The Hall–Kier alpha value is -3.65. The molecule has 0 aliphatic heterocycles. The van der Waals surface area contributed by atoms with Crippen LogP contribution in [0.3, 0.4) is 0 Å². The lowest BCUT2D eigenvalue weighted by Crippen LogP contribution is -2.48. The van der Waals surface area contributed by atoms with Gasteiger partial charge in [-0.15, -0.1) is 0 Å². The van der Waals surface area contributed by atoms with Crippen LogP contribution in [0.4, 0.5) is 22.4 Å². The highest BCUT2D eigenvalue weighted by atomic mass is 19.4. The Bertz CT molecular complexity index is 1240. The molecule has 0 spiro atoms. The fourth-order valence-corrected chi connectivity index (χ4v) is 5.39. The molecule has 7 nitrogen and oxygen atoms in total. The van der Waals surface area contributed by atoms with Crippen LogP contribution in [-0.2, 0) is 15.8 Å². The van der Waals surface area contributed by atoms with E-state index in [9.17, 15) is 32.7 Å². The zero-order chi connectivity index (χ0) is 28.4. The Morgan fingerprint density at radius 1 is 1.10 bits per heavy atom. The van der Waals surface area contributed by atoms with Crippen LogP contribution >= 0.6 is 0 Å². The van der Waals surface area contributed by atoms with Crippen molar-refractivity contribution in [2.24, 2.45) is 10.7 Å². The number of carbonyl (C=O) groups is 1. The van der Waals surface area contributed by atoms with Crippen LogP contribution in [0.15, 0.2) is 53.5 Å². The number of primary amides is 1. The van der Waals surface area contributed by atoms with Gasteiger partial charge in [0.25, 0.3) is 0 Å². The average Bonchev–Trinajstić information content (AvgIpc) is 3.73. The first kappa shape index (κ1) is 28.4. The standard InChI is InChI=1S/C28H30F4N4O3/c1-26(38,28(30,31)32)19-4-2-18(3-5-19)24(35-17-33)36(22-10-11-22)23-12-14-27(15-13-23,16-39-25(34)37)20-6-8-21(29)9-7-20/h2-9,22-23,38H,10-16H2,1H3,(H2,34,37)/b35-24+. The minimum atomic E-state index is -4.85. The van der Waals surface area contributed by atoms with Crippen molar-refractivity contribution >= 4 is 11.9 Å². The van der Waals surface area contributed by atoms with E-state index in [4.69, 9.17) is 10.5 Å². The highest BCUT2D eigenvalue weighted by Crippen LogP contribution is 2.44. The molecule has 2 aromatic rings. The number of nitrogens with two attached hydrogens (primary N) is 1. The van der Waals surface area contributed by atoms with Gasteiger partial charge in [0.05, 0.1) is 0 Å². The van der Waals surface area contributed by atoms with E-state index in [1.54, 1.807) is 12.1 Å². The van der Waals surface area contributed by atoms with Crippen LogP contribution in [-0.4, -0.2) is 46.8 Å². The van der Waals surface area contributed by atoms with E-state index < -0.39 is 23.3 Å². The van der Waals surface area contributed by atoms with Crippen molar-refractivity contribution in [3.8, 4) is 6.19 Å². The maximum atomic E-state index is 13.6. The van der Waals surface area contributed by atoms with E-state index in [-0.39, 0.29) is 30.1 Å². The predicted octanol–water partition coefficient (Wildman–Crippen LogP) is 5.26. The van der Waals surface area contributed by atoms with Gasteiger partial charge in [0.2, 0.25) is 6.19 Å². The molecule has 0 heterocycles. The first-order valence-electron chi connectivity index (χ1n) is 12.7. The lowest BCUT2D eigenvalue weighted by Gasteiger charge is -2.44. The molecular weight excluding hydrogens is 516 g/mol. The number of rotatable bonds is 7. The van der Waals surface area contributed by atoms with Crippen LogP contribution in [0.25, 0.3) is 0 Å². The summed E-state index contributed by atoms with van der Waals surface area (Å²) in [5, 5.41) is 19.5. The number of aliphatic imine (C=N–C) groups is 1. The van der Waals surface area contributed by atoms with Crippen molar-refractivity contribution in [1.29, 1.82) is 5.26 Å². The van der Waals surface area contributed by atoms with Crippen LogP contribution in [0.2, 0.25) is 0 Å². The molecule has 2 saturated carbocycles. The van der Waals surface area contributed by atoms with Gasteiger partial charge in [0, 0.05) is 23.1 Å². The summed E-state index contributed by atoms with van der Waals surface area (Å²) in [4.78, 5) is 17.6. The van der Waals surface area contributed by atoms with Crippen LogP contribution in [0.5, 0.6) is 0 Å². The smallest absolute Gasteiger partial charge is 0.421 e. The van der Waals surface area contributed by atoms with Crippen molar-refractivity contribution in [3.63, 3.8) is 0 Å². The largest absolute Gasteiger partial charge is 0.449 e. The van der Waals surface area contributed by atoms with Crippen LogP contribution in [0.1, 0.15) is 62.1 Å². The van der Waals surface area contributed by atoms with Crippen molar-refractivity contribution in [1.82, 2.24) is 4.90 Å². The summed E-state index contributed by atoms with van der Waals surface area (Å²) >= 11 is 0. The maximum Gasteiger partial charge on any atom is 0.421 e. The third-order valence-electron chi connectivity index (χ3n) is 7.85. The van der Waals surface area contributed by atoms with E-state index in [0.717, 1.165) is 18.4 Å². The summed E-state index contributed by atoms with van der Waals surface area (Å²) in [5.41, 5.74) is 2.64. The number of benzene rings is 2. The molecule has 2 aliphatic carbocycles. The lowest BCUT2D eigenvalue weighted by atomic mass is 9.68. The monoisotopic (exact) mass is 546 g/mol. The first-order valence-corrected chi connectivity index (χ1v) is 12.7. The highest BCUT2D eigenvalue weighted by Gasteiger charge is 2.51. The molecule has 4 rings (SSSR count). The number of nitriles is 1. The fourth-order valence-electron chi connectivity index (χ4n) is 5.39. The number of amidine groups is 1. The zero-order valence-electron chi connectivity index (χ0n) is 21.4. The molecule has 1 atom stereocenters. The molecule has 0 saturated heterocycles. The summed E-state index contributed by atoms with van der Waals surface area (Å²) < 4.78 is 58.7. The number of carbonyl (C=O) groups excluding carboxylic acids is 1. The molecule has 0 bridgehead atoms. The Labute approximate surface area is 223 Å². The summed E-state index contributed by atoms with van der Waals surface area (Å²) in [5.74, 6) is -0.00990. The number of nitrogens with zero attached hydrogens (tertiary/aromatic N) is 3. The minimum absolute atomic E-state index is 0.0373. The van der Waals surface area contributed by atoms with Gasteiger partial charge in [-0.2, -0.15) is 23.4 Å². The van der Waals surface area contributed by atoms with Crippen LogP contribution < -0.4 is 5.73 Å². The predicted molar refractivity (Wildman–Crippen MR) is 135 cm³/mol. The molecule has 0 aromatic heterocycles. The Morgan fingerprint density at radius 3 is 2.15 bits per heavy atom. The molecule has 3 N–H and O–H groups in total. The second-order valence-electron chi connectivity index (χ2n) is 10.4. The minimum Gasteiger partial charge on any atom is -0.449 e. The molecule has 2 fully saturated rings. The second-order valence-corrected chi connectivity index (χ2v) is 10.4. The third kappa shape index (κ3) is 6.01. The van der Waals surface area contributed by atoms with Gasteiger partial charge in [-0.25, -0.2) is 9.18 Å². The number of aliphatic hydroxyl groups is 1. The average molecular weight is 547 g/mol. The SMILES string of the molecule is CC(O)(c1ccc(/C(=N\C#N)N(C2CC2)C2CCC(COC(N)=O)(c3ccc(F)cc3)CC2)cc1)C(F)(F)F. The number of ether oxygens (including phenoxy) is 1. The van der Waals surface area contributed by atoms with Gasteiger partial charge >= 0.3 is 12.3 Å². The van der Waals surface area contributed by atoms with Gasteiger partial charge in [-0.1, -0.05) is 36.4 Å². The van der Waals surface area contributed by atoms with Gasteiger partial charge in [0.15, 0.2) is 5.60 Å². The quantitative estimate of drug-likeness (QED) is 0.213. The van der Waals surface area contributed by atoms with Crippen molar-refractivity contribution < 1.29 is 32.2 Å². The van der Waals surface area contributed by atoms with Crippen molar-refractivity contribution in [3.05, 3.63) is 71.0 Å². The van der Waals surface area contributed by atoms with Gasteiger partial charge < -0.3 is 20.5 Å². The van der Waals surface area contributed by atoms with E-state index in [2.05, 4.69) is 9.89 Å². The normalized spacial score (nSPS) is 23.4. The summed E-state index contributed by atoms with van der Waals surface area (Å²) in [7, 11) is 0. The molecule has 1 unspecified atom stereocenters. The number of hydrogen-bond donors (Lipinski definition) is 2. The number of amides is 1. The van der Waals surface area contributed by atoms with Gasteiger partial charge in [0.1, 0.15) is 18.3 Å². The molecule has 208 valence electrons. The van der Waals surface area contributed by atoms with Gasteiger partial charge in [-0.05, 0) is 68.7 Å². The first-order chi connectivity index (χ1) is 18.4. The molecular formula is C28H30F4N4O3. The zero-order valence-corrected chi connectivity index (χ0v) is 21.4. The summed E-state index contributed by atoms with van der Waals surface area (Å²) in [6.07, 6.45) is 0.312.